The molecule has 0 spiro atoms. The topological polar surface area (TPSA) is 26.8 Å². The molecule has 4 heteroatoms. The molecule has 0 aromatic heterocycles. The van der Waals surface area contributed by atoms with Crippen LogP contribution in [0.2, 0.25) is 0 Å². The Kier molecular flexibility index (Phi) is 6.30. The molecule has 1 heterocycles. The van der Waals surface area contributed by atoms with Gasteiger partial charge in [-0.05, 0) is 36.2 Å². The van der Waals surface area contributed by atoms with Gasteiger partial charge in [-0.3, -0.25) is 9.69 Å². The van der Waals surface area contributed by atoms with Crippen molar-refractivity contribution in [3.05, 3.63) is 71.3 Å². The van der Waals surface area contributed by atoms with Gasteiger partial charge in [0.15, 0.2) is 0 Å². The van der Waals surface area contributed by atoms with E-state index in [2.05, 4.69) is 53.1 Å². The molecular weight excluding hydrogens is 334 g/mol. The van der Waals surface area contributed by atoms with Crippen LogP contribution in [-0.4, -0.2) is 62.5 Å². The van der Waals surface area contributed by atoms with E-state index in [4.69, 9.17) is 0 Å². The van der Waals surface area contributed by atoms with Crippen molar-refractivity contribution in [1.29, 1.82) is 0 Å². The van der Waals surface area contributed by atoms with E-state index in [-0.39, 0.29) is 5.91 Å². The van der Waals surface area contributed by atoms with Crippen LogP contribution in [0.25, 0.3) is 6.08 Å². The van der Waals surface area contributed by atoms with E-state index in [1.807, 2.05) is 43.3 Å². The molecule has 1 aliphatic heterocycles. The molecule has 4 nitrogen and oxygen atoms in total. The lowest BCUT2D eigenvalue weighted by atomic mass is 10.1. The van der Waals surface area contributed by atoms with Crippen molar-refractivity contribution in [3.63, 3.8) is 0 Å². The third-order valence-electron chi connectivity index (χ3n) is 5.06. The molecular formula is C23H29N3O. The van der Waals surface area contributed by atoms with Gasteiger partial charge in [0, 0.05) is 58.1 Å². The van der Waals surface area contributed by atoms with Crippen LogP contribution in [-0.2, 0) is 0 Å². The number of carbonyl (C=O) groups excluding carboxylic acids is 1. The van der Waals surface area contributed by atoms with Crippen molar-refractivity contribution in [2.75, 3.05) is 51.7 Å². The molecule has 1 aliphatic rings. The van der Waals surface area contributed by atoms with Gasteiger partial charge in [0.25, 0.3) is 5.91 Å². The number of anilines is 1. The first kappa shape index (κ1) is 19.2. The lowest BCUT2D eigenvalue weighted by Gasteiger charge is -2.34. The number of nitrogens with zero attached hydrogens (tertiary/aromatic N) is 3. The monoisotopic (exact) mass is 363 g/mol. The van der Waals surface area contributed by atoms with Gasteiger partial charge in [0.1, 0.15) is 0 Å². The molecule has 0 N–H and O–H groups in total. The smallest absolute Gasteiger partial charge is 0.253 e. The van der Waals surface area contributed by atoms with Gasteiger partial charge in [-0.1, -0.05) is 42.5 Å². The summed E-state index contributed by atoms with van der Waals surface area (Å²) in [5.74, 6) is 0.142. The summed E-state index contributed by atoms with van der Waals surface area (Å²) in [6.45, 7) is 6.38. The Labute approximate surface area is 162 Å². The zero-order valence-electron chi connectivity index (χ0n) is 16.6. The number of rotatable bonds is 5. The Morgan fingerprint density at radius 3 is 2.37 bits per heavy atom. The molecule has 2 aromatic rings. The largest absolute Gasteiger partial charge is 0.377 e. The van der Waals surface area contributed by atoms with E-state index < -0.39 is 0 Å². The van der Waals surface area contributed by atoms with Gasteiger partial charge in [-0.2, -0.15) is 0 Å². The van der Waals surface area contributed by atoms with Gasteiger partial charge in [0.05, 0.1) is 0 Å². The lowest BCUT2D eigenvalue weighted by Crippen LogP contribution is -2.48. The highest BCUT2D eigenvalue weighted by atomic mass is 16.2. The molecule has 2 aromatic carbocycles. The van der Waals surface area contributed by atoms with Crippen molar-refractivity contribution in [2.24, 2.45) is 0 Å². The molecule has 0 saturated carbocycles. The maximum absolute atomic E-state index is 12.8. The van der Waals surface area contributed by atoms with Crippen LogP contribution in [0.15, 0.2) is 54.6 Å². The fraction of sp³-hybridized carbons (Fsp3) is 0.348. The SMILES string of the molecule is Cc1cc(C(=O)N2CCN(C/C=C/c3ccccc3)CC2)ccc1N(C)C. The van der Waals surface area contributed by atoms with Crippen molar-refractivity contribution < 1.29 is 4.79 Å². The second kappa shape index (κ2) is 8.87. The van der Waals surface area contributed by atoms with Crippen molar-refractivity contribution in [1.82, 2.24) is 9.80 Å². The molecule has 0 bridgehead atoms. The number of hydrogen-bond donors (Lipinski definition) is 0. The van der Waals surface area contributed by atoms with Crippen LogP contribution in [0.5, 0.6) is 0 Å². The first-order valence-electron chi connectivity index (χ1n) is 9.56. The van der Waals surface area contributed by atoms with Crippen LogP contribution in [0.4, 0.5) is 5.69 Å². The summed E-state index contributed by atoms with van der Waals surface area (Å²) in [6.07, 6.45) is 4.36. The Hall–Kier alpha value is -2.59. The minimum absolute atomic E-state index is 0.142. The van der Waals surface area contributed by atoms with E-state index in [0.717, 1.165) is 49.5 Å². The fourth-order valence-corrected chi connectivity index (χ4v) is 3.51. The molecule has 27 heavy (non-hydrogen) atoms. The fourth-order valence-electron chi connectivity index (χ4n) is 3.51. The number of carbonyl (C=O) groups is 1. The molecule has 1 fully saturated rings. The summed E-state index contributed by atoms with van der Waals surface area (Å²) in [6, 6.07) is 16.3. The number of amides is 1. The maximum atomic E-state index is 12.8. The first-order chi connectivity index (χ1) is 13.0. The summed E-state index contributed by atoms with van der Waals surface area (Å²) < 4.78 is 0. The predicted molar refractivity (Wildman–Crippen MR) is 113 cm³/mol. The molecule has 3 rings (SSSR count). The lowest BCUT2D eigenvalue weighted by molar-refractivity contribution is 0.0650. The Balaban J connectivity index is 1.52. The van der Waals surface area contributed by atoms with Gasteiger partial charge in [-0.25, -0.2) is 0 Å². The van der Waals surface area contributed by atoms with E-state index in [9.17, 15) is 4.79 Å². The summed E-state index contributed by atoms with van der Waals surface area (Å²) in [7, 11) is 4.05. The zero-order valence-corrected chi connectivity index (χ0v) is 16.6. The van der Waals surface area contributed by atoms with Gasteiger partial charge >= 0.3 is 0 Å². The summed E-state index contributed by atoms with van der Waals surface area (Å²) >= 11 is 0. The molecule has 0 unspecified atom stereocenters. The van der Waals surface area contributed by atoms with Gasteiger partial charge in [0.2, 0.25) is 0 Å². The van der Waals surface area contributed by atoms with E-state index in [1.165, 1.54) is 5.56 Å². The van der Waals surface area contributed by atoms with Gasteiger partial charge in [-0.15, -0.1) is 0 Å². The standard InChI is InChI=1S/C23H29N3O/c1-19-18-21(11-12-22(19)24(2)3)23(27)26-16-14-25(15-17-26)13-7-10-20-8-5-4-6-9-20/h4-12,18H,13-17H2,1-3H3/b10-7+. The summed E-state index contributed by atoms with van der Waals surface area (Å²) in [5, 5.41) is 0. The van der Waals surface area contributed by atoms with Crippen molar-refractivity contribution in [3.8, 4) is 0 Å². The third kappa shape index (κ3) is 4.98. The minimum Gasteiger partial charge on any atom is -0.377 e. The Bertz CT molecular complexity index is 791. The van der Waals surface area contributed by atoms with Crippen LogP contribution in [0, 0.1) is 6.92 Å². The Morgan fingerprint density at radius 2 is 1.74 bits per heavy atom. The number of aryl methyl sites for hydroxylation is 1. The summed E-state index contributed by atoms with van der Waals surface area (Å²) in [4.78, 5) is 19.3. The highest BCUT2D eigenvalue weighted by molar-refractivity contribution is 5.95. The second-order valence-electron chi connectivity index (χ2n) is 7.30. The van der Waals surface area contributed by atoms with Gasteiger partial charge < -0.3 is 9.80 Å². The summed E-state index contributed by atoms with van der Waals surface area (Å²) in [5.41, 5.74) is 4.30. The molecule has 142 valence electrons. The average Bonchev–Trinajstić information content (AvgIpc) is 2.68. The molecule has 0 radical (unpaired) electrons. The van der Waals surface area contributed by atoms with Crippen LogP contribution >= 0.6 is 0 Å². The van der Waals surface area contributed by atoms with Crippen molar-refractivity contribution >= 4 is 17.7 Å². The van der Waals surface area contributed by atoms with Crippen LogP contribution in [0.1, 0.15) is 21.5 Å². The number of piperazine rings is 1. The predicted octanol–water partition coefficient (Wildman–Crippen LogP) is 3.53. The maximum Gasteiger partial charge on any atom is 0.253 e. The Morgan fingerprint density at radius 1 is 1.04 bits per heavy atom. The molecule has 1 saturated heterocycles. The first-order valence-corrected chi connectivity index (χ1v) is 9.56. The molecule has 0 aliphatic carbocycles. The number of hydrogen-bond acceptors (Lipinski definition) is 3. The normalized spacial score (nSPS) is 15.3. The van der Waals surface area contributed by atoms with E-state index in [0.29, 0.717) is 0 Å². The molecule has 0 atom stereocenters. The highest BCUT2D eigenvalue weighted by Crippen LogP contribution is 2.20. The average molecular weight is 364 g/mol. The number of benzene rings is 2. The van der Waals surface area contributed by atoms with E-state index in [1.54, 1.807) is 0 Å². The zero-order chi connectivity index (χ0) is 19.2. The quantitative estimate of drug-likeness (QED) is 0.813. The minimum atomic E-state index is 0.142. The third-order valence-corrected chi connectivity index (χ3v) is 5.06. The van der Waals surface area contributed by atoms with E-state index >= 15 is 0 Å². The molecule has 1 amide bonds. The van der Waals surface area contributed by atoms with Crippen LogP contribution in [0.3, 0.4) is 0 Å². The van der Waals surface area contributed by atoms with Crippen LogP contribution < -0.4 is 4.90 Å². The second-order valence-corrected chi connectivity index (χ2v) is 7.30. The van der Waals surface area contributed by atoms with Crippen molar-refractivity contribution in [2.45, 2.75) is 6.92 Å². The highest BCUT2D eigenvalue weighted by Gasteiger charge is 2.22.